The van der Waals surface area contributed by atoms with Gasteiger partial charge < -0.3 is 14.6 Å². The number of aryl methyl sites for hydroxylation is 1. The van der Waals surface area contributed by atoms with Crippen molar-refractivity contribution in [3.63, 3.8) is 0 Å². The fourth-order valence-electron chi connectivity index (χ4n) is 2.77. The van der Waals surface area contributed by atoms with E-state index in [1.54, 1.807) is 11.3 Å². The Morgan fingerprint density at radius 1 is 1.23 bits per heavy atom. The Bertz CT molecular complexity index is 845. The van der Waals surface area contributed by atoms with Crippen LogP contribution in [0.15, 0.2) is 46.2 Å². The van der Waals surface area contributed by atoms with Crippen molar-refractivity contribution >= 4 is 22.9 Å². The zero-order valence-electron chi connectivity index (χ0n) is 15.0. The first-order chi connectivity index (χ1) is 12.7. The van der Waals surface area contributed by atoms with Crippen molar-refractivity contribution in [2.24, 2.45) is 0 Å². The maximum absolute atomic E-state index is 12.4. The number of nitrogens with zero attached hydrogens (tertiary/aromatic N) is 2. The molecule has 0 aliphatic carbocycles. The van der Waals surface area contributed by atoms with Gasteiger partial charge >= 0.3 is 0 Å². The maximum Gasteiger partial charge on any atom is 0.279 e. The van der Waals surface area contributed by atoms with Crippen LogP contribution in [0, 0.1) is 6.92 Å². The van der Waals surface area contributed by atoms with E-state index in [-0.39, 0.29) is 5.91 Å². The molecule has 7 heteroatoms. The number of para-hydroxylation sites is 1. The lowest BCUT2D eigenvalue weighted by molar-refractivity contribution is -0.907. The van der Waals surface area contributed by atoms with Gasteiger partial charge in [0.2, 0.25) is 0 Å². The summed E-state index contributed by atoms with van der Waals surface area (Å²) in [5.41, 5.74) is 1.90. The van der Waals surface area contributed by atoms with Crippen LogP contribution in [-0.4, -0.2) is 29.2 Å². The van der Waals surface area contributed by atoms with Crippen molar-refractivity contribution in [3.05, 3.63) is 53.2 Å². The zero-order chi connectivity index (χ0) is 18.4. The van der Waals surface area contributed by atoms with E-state index in [4.69, 9.17) is 4.42 Å². The third-order valence-corrected chi connectivity index (χ3v) is 4.89. The average molecular weight is 371 g/mol. The lowest BCUT2D eigenvalue weighted by atomic mass is 10.2. The third kappa shape index (κ3) is 4.77. The Kier molecular flexibility index (Phi) is 6.14. The highest BCUT2D eigenvalue weighted by Crippen LogP contribution is 2.22. The predicted molar refractivity (Wildman–Crippen MR) is 102 cm³/mol. The van der Waals surface area contributed by atoms with Gasteiger partial charge in [-0.15, -0.1) is 21.5 Å². The summed E-state index contributed by atoms with van der Waals surface area (Å²) in [5.74, 6) is 1.08. The van der Waals surface area contributed by atoms with Crippen LogP contribution in [0.1, 0.15) is 24.8 Å². The molecule has 0 bridgehead atoms. The Morgan fingerprint density at radius 2 is 2.08 bits per heavy atom. The number of carbonyl (C=O) groups excluding carboxylic acids is 1. The van der Waals surface area contributed by atoms with Gasteiger partial charge in [-0.1, -0.05) is 31.2 Å². The van der Waals surface area contributed by atoms with Crippen LogP contribution >= 0.6 is 11.3 Å². The molecule has 0 fully saturated rings. The number of carbonyl (C=O) groups is 1. The number of quaternary nitrogens is 1. The number of hydrogen-bond donors (Lipinski definition) is 2. The lowest BCUT2D eigenvalue weighted by Gasteiger charge is -2.17. The highest BCUT2D eigenvalue weighted by atomic mass is 32.1. The van der Waals surface area contributed by atoms with Crippen LogP contribution in [0.5, 0.6) is 0 Å². The largest absolute Gasteiger partial charge is 0.414 e. The van der Waals surface area contributed by atoms with E-state index < -0.39 is 0 Å². The number of rotatable bonds is 8. The molecule has 26 heavy (non-hydrogen) atoms. The number of anilines is 1. The van der Waals surface area contributed by atoms with Crippen LogP contribution < -0.4 is 10.2 Å². The van der Waals surface area contributed by atoms with Gasteiger partial charge in [0.25, 0.3) is 17.7 Å². The first-order valence-electron chi connectivity index (χ1n) is 8.71. The molecule has 1 aromatic carbocycles. The SMILES string of the molecule is CCC[NH+](CC(=O)Nc1ccccc1C)Cc1nnc(-c2cccs2)o1. The number of aromatic nitrogens is 2. The smallest absolute Gasteiger partial charge is 0.279 e. The molecule has 0 spiro atoms. The number of amides is 1. The van der Waals surface area contributed by atoms with E-state index in [2.05, 4.69) is 22.4 Å². The van der Waals surface area contributed by atoms with Crippen molar-refractivity contribution in [1.29, 1.82) is 0 Å². The predicted octanol–water partition coefficient (Wildman–Crippen LogP) is 2.54. The molecule has 0 aliphatic heterocycles. The highest BCUT2D eigenvalue weighted by molar-refractivity contribution is 7.13. The molecule has 1 unspecified atom stereocenters. The van der Waals surface area contributed by atoms with Gasteiger partial charge in [0.05, 0.1) is 11.4 Å². The normalized spacial score (nSPS) is 12.1. The van der Waals surface area contributed by atoms with Crippen molar-refractivity contribution in [2.75, 3.05) is 18.4 Å². The molecule has 0 aliphatic rings. The molecule has 1 atom stereocenters. The third-order valence-electron chi connectivity index (χ3n) is 4.03. The fourth-order valence-corrected chi connectivity index (χ4v) is 3.41. The minimum Gasteiger partial charge on any atom is -0.414 e. The molecule has 3 rings (SSSR count). The number of hydrogen-bond acceptors (Lipinski definition) is 5. The molecule has 1 amide bonds. The van der Waals surface area contributed by atoms with Gasteiger partial charge in [-0.05, 0) is 36.4 Å². The summed E-state index contributed by atoms with van der Waals surface area (Å²) >= 11 is 1.56. The standard InChI is InChI=1S/C19H22N4O2S/c1-3-10-23(12-17(24)20-15-8-5-4-7-14(15)2)13-18-21-22-19(25-18)16-9-6-11-26-16/h4-9,11H,3,10,12-13H2,1-2H3,(H,20,24)/p+1. The number of thiophene rings is 1. The van der Waals surface area contributed by atoms with Gasteiger partial charge in [0, 0.05) is 5.69 Å². The summed E-state index contributed by atoms with van der Waals surface area (Å²) in [7, 11) is 0. The average Bonchev–Trinajstić information content (AvgIpc) is 3.28. The van der Waals surface area contributed by atoms with E-state index in [0.29, 0.717) is 24.9 Å². The molecular weight excluding hydrogens is 348 g/mol. The van der Waals surface area contributed by atoms with Crippen LogP contribution in [0.4, 0.5) is 5.69 Å². The second-order valence-corrected chi connectivity index (χ2v) is 7.14. The van der Waals surface area contributed by atoms with Gasteiger partial charge in [-0.2, -0.15) is 0 Å². The molecule has 136 valence electrons. The second kappa shape index (κ2) is 8.73. The Balaban J connectivity index is 1.62. The Hall–Kier alpha value is -2.51. The minimum absolute atomic E-state index is 0.0132. The topological polar surface area (TPSA) is 72.5 Å². The molecular formula is C19H23N4O2S+. The van der Waals surface area contributed by atoms with Crippen molar-refractivity contribution < 1.29 is 14.1 Å². The van der Waals surface area contributed by atoms with Gasteiger partial charge in [0.1, 0.15) is 0 Å². The summed E-state index contributed by atoms with van der Waals surface area (Å²) in [4.78, 5) is 14.5. The molecule has 2 heterocycles. The van der Waals surface area contributed by atoms with Crippen LogP contribution in [0.25, 0.3) is 10.8 Å². The van der Waals surface area contributed by atoms with Crippen LogP contribution in [0.2, 0.25) is 0 Å². The maximum atomic E-state index is 12.4. The first kappa shape index (κ1) is 18.3. The quantitative estimate of drug-likeness (QED) is 0.638. The van der Waals surface area contributed by atoms with Crippen LogP contribution in [0.3, 0.4) is 0 Å². The van der Waals surface area contributed by atoms with E-state index in [9.17, 15) is 4.79 Å². The summed E-state index contributed by atoms with van der Waals surface area (Å²) in [6.45, 7) is 5.84. The van der Waals surface area contributed by atoms with Crippen molar-refractivity contribution in [1.82, 2.24) is 10.2 Å². The van der Waals surface area contributed by atoms with Gasteiger partial charge in [0.15, 0.2) is 13.1 Å². The number of nitrogens with one attached hydrogen (secondary N) is 2. The molecule has 0 saturated heterocycles. The van der Waals surface area contributed by atoms with E-state index in [0.717, 1.165) is 34.0 Å². The van der Waals surface area contributed by atoms with Crippen molar-refractivity contribution in [2.45, 2.75) is 26.8 Å². The Morgan fingerprint density at radius 3 is 2.81 bits per heavy atom. The molecule has 6 nitrogen and oxygen atoms in total. The molecule has 0 radical (unpaired) electrons. The monoisotopic (exact) mass is 371 g/mol. The van der Waals surface area contributed by atoms with Gasteiger partial charge in [-0.25, -0.2) is 0 Å². The first-order valence-corrected chi connectivity index (χ1v) is 9.59. The minimum atomic E-state index is -0.0132. The number of benzene rings is 1. The molecule has 3 aromatic rings. The lowest BCUT2D eigenvalue weighted by Crippen LogP contribution is -3.11. The summed E-state index contributed by atoms with van der Waals surface area (Å²) in [5, 5.41) is 13.2. The van der Waals surface area contributed by atoms with E-state index >= 15 is 0 Å². The second-order valence-electron chi connectivity index (χ2n) is 6.19. The molecule has 0 saturated carbocycles. The van der Waals surface area contributed by atoms with Gasteiger partial charge in [-0.3, -0.25) is 4.79 Å². The summed E-state index contributed by atoms with van der Waals surface area (Å²) in [6, 6.07) is 11.7. The van der Waals surface area contributed by atoms with E-state index in [1.165, 1.54) is 0 Å². The summed E-state index contributed by atoms with van der Waals surface area (Å²) < 4.78 is 5.76. The van der Waals surface area contributed by atoms with Crippen LogP contribution in [-0.2, 0) is 11.3 Å². The highest BCUT2D eigenvalue weighted by Gasteiger charge is 2.19. The zero-order valence-corrected chi connectivity index (χ0v) is 15.8. The Labute approximate surface area is 156 Å². The molecule has 2 aromatic heterocycles. The van der Waals surface area contributed by atoms with Crippen molar-refractivity contribution in [3.8, 4) is 10.8 Å². The fraction of sp³-hybridized carbons (Fsp3) is 0.316. The molecule has 2 N–H and O–H groups in total. The summed E-state index contributed by atoms with van der Waals surface area (Å²) in [6.07, 6.45) is 0.971. The van der Waals surface area contributed by atoms with E-state index in [1.807, 2.05) is 48.7 Å².